The molecule has 54 valence electrons. The quantitative estimate of drug-likeness (QED) is 0.315. The van der Waals surface area contributed by atoms with E-state index in [1.165, 1.54) is 0 Å². The Kier molecular flexibility index (Phi) is 4.67. The molecule has 0 atom stereocenters. The fourth-order valence-electron chi connectivity index (χ4n) is 0.512. The Morgan fingerprint density at radius 3 is 2.00 bits per heavy atom. The fourth-order valence-corrected chi connectivity index (χ4v) is 0.512. The van der Waals surface area contributed by atoms with Crippen molar-refractivity contribution in [3.05, 3.63) is 23.2 Å². The molecule has 4 radical (unpaired) electrons. The van der Waals surface area contributed by atoms with Gasteiger partial charge < -0.3 is 0 Å². The maximum atomic E-state index is 5.50. The summed E-state index contributed by atoms with van der Waals surface area (Å²) in [6.07, 6.45) is 3.41. The molecule has 0 unspecified atom stereocenters. The standard InChI is InChI=1S/C8H11B2N/c1-6(2)11-8(10)5-4-7(3)9/h4-5H,1-3H3/b7-4+,8-5-. The van der Waals surface area contributed by atoms with Gasteiger partial charge in [0.15, 0.2) is 0 Å². The molecule has 11 heavy (non-hydrogen) atoms. The average Bonchev–Trinajstić information content (AvgIpc) is 1.82. The summed E-state index contributed by atoms with van der Waals surface area (Å²) < 4.78 is 0. The summed E-state index contributed by atoms with van der Waals surface area (Å²) in [5.41, 5.74) is 2.13. The Bertz CT molecular complexity index is 206. The first-order chi connectivity index (χ1) is 5.02. The molecule has 0 N–H and O–H groups in total. The lowest BCUT2D eigenvalue weighted by molar-refractivity contribution is 1.45. The molecular formula is C8H11B2N. The molecule has 0 aromatic carbocycles. The summed E-state index contributed by atoms with van der Waals surface area (Å²) in [5.74, 6) is 0. The predicted octanol–water partition coefficient (Wildman–Crippen LogP) is 1.55. The number of hydrogen-bond acceptors (Lipinski definition) is 1. The van der Waals surface area contributed by atoms with Gasteiger partial charge in [0.1, 0.15) is 15.7 Å². The van der Waals surface area contributed by atoms with Crippen LogP contribution >= 0.6 is 0 Å². The minimum absolute atomic E-state index is 0.481. The predicted molar refractivity (Wildman–Crippen MR) is 52.1 cm³/mol. The molecule has 0 bridgehead atoms. The molecule has 0 heterocycles. The van der Waals surface area contributed by atoms with E-state index in [4.69, 9.17) is 15.7 Å². The molecule has 0 amide bonds. The first-order valence-electron chi connectivity index (χ1n) is 3.44. The second-order valence-electron chi connectivity index (χ2n) is 2.56. The van der Waals surface area contributed by atoms with Gasteiger partial charge in [-0.25, -0.2) is 0 Å². The van der Waals surface area contributed by atoms with E-state index in [0.717, 1.165) is 11.2 Å². The zero-order valence-corrected chi connectivity index (χ0v) is 7.26. The molecule has 0 rings (SSSR count). The molecular weight excluding hydrogens is 132 g/mol. The van der Waals surface area contributed by atoms with Crippen molar-refractivity contribution >= 4 is 21.4 Å². The van der Waals surface area contributed by atoms with Crippen LogP contribution < -0.4 is 0 Å². The van der Waals surface area contributed by atoms with E-state index in [-0.39, 0.29) is 0 Å². The van der Waals surface area contributed by atoms with Gasteiger partial charge in [-0.1, -0.05) is 19.1 Å². The smallest absolute Gasteiger partial charge is 0.141 e. The van der Waals surface area contributed by atoms with E-state index in [0.29, 0.717) is 5.60 Å². The number of allylic oxidation sites excluding steroid dienone is 3. The second-order valence-corrected chi connectivity index (χ2v) is 2.56. The molecule has 0 aliphatic heterocycles. The Hall–Kier alpha value is -0.720. The van der Waals surface area contributed by atoms with Gasteiger partial charge in [0.2, 0.25) is 0 Å². The van der Waals surface area contributed by atoms with Crippen LogP contribution in [-0.2, 0) is 0 Å². The molecule has 0 saturated heterocycles. The van der Waals surface area contributed by atoms with Crippen molar-refractivity contribution in [2.24, 2.45) is 4.99 Å². The Balaban J connectivity index is 4.25. The molecule has 0 aliphatic carbocycles. The van der Waals surface area contributed by atoms with E-state index in [2.05, 4.69) is 4.99 Å². The zero-order valence-electron chi connectivity index (χ0n) is 7.26. The third-order valence-corrected chi connectivity index (χ3v) is 0.870. The Morgan fingerprint density at radius 2 is 1.64 bits per heavy atom. The van der Waals surface area contributed by atoms with Crippen LogP contribution in [0, 0.1) is 0 Å². The van der Waals surface area contributed by atoms with E-state index < -0.39 is 0 Å². The highest BCUT2D eigenvalue weighted by Crippen LogP contribution is 1.93. The SMILES string of the molecule is [B]/C(C)=C/C=C(/[B])N=C(C)C. The van der Waals surface area contributed by atoms with Crippen molar-refractivity contribution in [1.82, 2.24) is 0 Å². The summed E-state index contributed by atoms with van der Waals surface area (Å²) in [4.78, 5) is 4.00. The molecule has 3 heteroatoms. The highest BCUT2D eigenvalue weighted by Gasteiger charge is 1.81. The van der Waals surface area contributed by atoms with Crippen molar-refractivity contribution in [2.75, 3.05) is 0 Å². The third-order valence-electron chi connectivity index (χ3n) is 0.870. The molecule has 0 aromatic heterocycles. The minimum atomic E-state index is 0.481. The zero-order chi connectivity index (χ0) is 8.85. The summed E-state index contributed by atoms with van der Waals surface area (Å²) in [6, 6.07) is 0. The van der Waals surface area contributed by atoms with Gasteiger partial charge in [0.05, 0.1) is 0 Å². The third kappa shape index (κ3) is 7.17. The van der Waals surface area contributed by atoms with E-state index in [1.807, 2.05) is 13.8 Å². The summed E-state index contributed by atoms with van der Waals surface area (Å²) in [7, 11) is 10.9. The highest BCUT2D eigenvalue weighted by molar-refractivity contribution is 6.23. The van der Waals surface area contributed by atoms with Crippen LogP contribution in [0.5, 0.6) is 0 Å². The van der Waals surface area contributed by atoms with Crippen molar-refractivity contribution in [3.8, 4) is 0 Å². The lowest BCUT2D eigenvalue weighted by Crippen LogP contribution is -1.83. The van der Waals surface area contributed by atoms with Crippen LogP contribution in [0.3, 0.4) is 0 Å². The summed E-state index contributed by atoms with van der Waals surface area (Å²) in [5, 5.41) is 0. The van der Waals surface area contributed by atoms with Crippen LogP contribution in [-0.4, -0.2) is 21.4 Å². The van der Waals surface area contributed by atoms with Gasteiger partial charge in [-0.3, -0.25) is 4.99 Å². The van der Waals surface area contributed by atoms with Crippen LogP contribution in [0.25, 0.3) is 0 Å². The van der Waals surface area contributed by atoms with Gasteiger partial charge >= 0.3 is 0 Å². The van der Waals surface area contributed by atoms with E-state index in [1.54, 1.807) is 19.1 Å². The molecule has 0 saturated carbocycles. The van der Waals surface area contributed by atoms with Crippen molar-refractivity contribution in [1.29, 1.82) is 0 Å². The largest absolute Gasteiger partial charge is 0.274 e. The van der Waals surface area contributed by atoms with Crippen molar-refractivity contribution in [2.45, 2.75) is 20.8 Å². The maximum absolute atomic E-state index is 5.50. The number of hydrogen-bond donors (Lipinski definition) is 0. The van der Waals surface area contributed by atoms with Crippen LogP contribution in [0.2, 0.25) is 0 Å². The lowest BCUT2D eigenvalue weighted by atomic mass is 9.96. The Morgan fingerprint density at radius 1 is 1.09 bits per heavy atom. The minimum Gasteiger partial charge on any atom is -0.274 e. The molecule has 0 aromatic rings. The normalized spacial score (nSPS) is 13.0. The van der Waals surface area contributed by atoms with E-state index >= 15 is 0 Å². The lowest BCUT2D eigenvalue weighted by Gasteiger charge is -1.92. The molecule has 1 nitrogen and oxygen atoms in total. The first kappa shape index (κ1) is 10.3. The van der Waals surface area contributed by atoms with Crippen molar-refractivity contribution in [3.63, 3.8) is 0 Å². The number of aliphatic imine (C=N–C) groups is 1. The molecule has 0 aliphatic rings. The van der Waals surface area contributed by atoms with Crippen molar-refractivity contribution < 1.29 is 0 Å². The summed E-state index contributed by atoms with van der Waals surface area (Å²) >= 11 is 0. The summed E-state index contributed by atoms with van der Waals surface area (Å²) in [6.45, 7) is 5.58. The molecule has 0 spiro atoms. The van der Waals surface area contributed by atoms with Crippen LogP contribution in [0.4, 0.5) is 0 Å². The fraction of sp³-hybridized carbons (Fsp3) is 0.375. The first-order valence-corrected chi connectivity index (χ1v) is 3.44. The monoisotopic (exact) mass is 143 g/mol. The number of rotatable bonds is 2. The topological polar surface area (TPSA) is 12.4 Å². The Labute approximate surface area is 71.1 Å². The van der Waals surface area contributed by atoms with Gasteiger partial charge in [-0.2, -0.15) is 0 Å². The molecule has 0 fully saturated rings. The van der Waals surface area contributed by atoms with Gasteiger partial charge in [0.25, 0.3) is 0 Å². The van der Waals surface area contributed by atoms with Gasteiger partial charge in [0, 0.05) is 5.71 Å². The van der Waals surface area contributed by atoms with Gasteiger partial charge in [-0.15, -0.1) is 5.47 Å². The number of nitrogens with zero attached hydrogens (tertiary/aromatic N) is 1. The average molecular weight is 143 g/mol. The van der Waals surface area contributed by atoms with Crippen LogP contribution in [0.1, 0.15) is 20.8 Å². The van der Waals surface area contributed by atoms with Crippen LogP contribution in [0.15, 0.2) is 28.2 Å². The second kappa shape index (κ2) is 5.00. The van der Waals surface area contributed by atoms with Gasteiger partial charge in [-0.05, 0) is 19.4 Å². The highest BCUT2D eigenvalue weighted by atomic mass is 14.7. The van der Waals surface area contributed by atoms with E-state index in [9.17, 15) is 0 Å². The maximum Gasteiger partial charge on any atom is 0.141 e.